The normalized spacial score (nSPS) is 14.8. The Hall–Kier alpha value is -3.18. The van der Waals surface area contributed by atoms with Crippen LogP contribution in [0.25, 0.3) is 0 Å². The summed E-state index contributed by atoms with van der Waals surface area (Å²) in [6.07, 6.45) is 1.21. The number of benzene rings is 2. The molecule has 1 aliphatic heterocycles. The lowest BCUT2D eigenvalue weighted by Crippen LogP contribution is -2.43. The van der Waals surface area contributed by atoms with E-state index >= 15 is 0 Å². The number of nitrogens with zero attached hydrogens (tertiary/aromatic N) is 3. The van der Waals surface area contributed by atoms with Crippen LogP contribution in [0, 0.1) is 6.92 Å². The van der Waals surface area contributed by atoms with Gasteiger partial charge in [0.05, 0.1) is 18.1 Å². The van der Waals surface area contributed by atoms with Crippen molar-refractivity contribution in [1.29, 1.82) is 0 Å². The number of rotatable bonds is 9. The number of aryl methyl sites for hydroxylation is 1. The van der Waals surface area contributed by atoms with Crippen molar-refractivity contribution in [2.75, 3.05) is 39.4 Å². The third kappa shape index (κ3) is 6.29. The molecule has 0 amide bonds. The van der Waals surface area contributed by atoms with Crippen LogP contribution in [0.2, 0.25) is 0 Å². The molecule has 0 atom stereocenters. The molecule has 3 aromatic rings. The Kier molecular flexibility index (Phi) is 7.86. The van der Waals surface area contributed by atoms with Crippen LogP contribution >= 0.6 is 0 Å². The zero-order chi connectivity index (χ0) is 24.8. The molecule has 0 radical (unpaired) electrons. The zero-order valence-corrected chi connectivity index (χ0v) is 20.4. The SMILES string of the molecule is Cc1ccc(Oc2ccc(S(=O)(=O)N(CCN3CCOCC3)Cc3cccn(O)c3=O)cc2)cc1. The fourth-order valence-electron chi connectivity index (χ4n) is 3.77. The summed E-state index contributed by atoms with van der Waals surface area (Å²) in [6, 6.07) is 16.8. The Morgan fingerprint density at radius 3 is 2.29 bits per heavy atom. The lowest BCUT2D eigenvalue weighted by molar-refractivity contribution is 0.0361. The molecule has 0 unspecified atom stereocenters. The van der Waals surface area contributed by atoms with Gasteiger partial charge in [0.25, 0.3) is 5.56 Å². The van der Waals surface area contributed by atoms with Gasteiger partial charge in [-0.15, -0.1) is 0 Å². The molecule has 0 bridgehead atoms. The van der Waals surface area contributed by atoms with Crippen LogP contribution in [0.4, 0.5) is 0 Å². The largest absolute Gasteiger partial charge is 0.457 e. The summed E-state index contributed by atoms with van der Waals surface area (Å²) in [7, 11) is -3.93. The highest BCUT2D eigenvalue weighted by molar-refractivity contribution is 7.89. The van der Waals surface area contributed by atoms with Gasteiger partial charge in [-0.05, 0) is 49.4 Å². The molecule has 2 heterocycles. The number of pyridine rings is 1. The summed E-state index contributed by atoms with van der Waals surface area (Å²) >= 11 is 0. The Balaban J connectivity index is 1.55. The van der Waals surface area contributed by atoms with Crippen molar-refractivity contribution in [3.8, 4) is 11.5 Å². The molecule has 10 heteroatoms. The number of aromatic nitrogens is 1. The predicted octanol–water partition coefficient (Wildman–Crippen LogP) is 2.71. The lowest BCUT2D eigenvalue weighted by Gasteiger charge is -2.29. The molecule has 186 valence electrons. The molecule has 0 spiro atoms. The van der Waals surface area contributed by atoms with Gasteiger partial charge >= 0.3 is 0 Å². The first kappa shape index (κ1) is 24.9. The quantitative estimate of drug-likeness (QED) is 0.452. The third-order valence-corrected chi connectivity index (χ3v) is 7.70. The maximum Gasteiger partial charge on any atom is 0.287 e. The van der Waals surface area contributed by atoms with E-state index in [0.29, 0.717) is 49.1 Å². The van der Waals surface area contributed by atoms with Gasteiger partial charge in [-0.3, -0.25) is 9.69 Å². The smallest absolute Gasteiger partial charge is 0.287 e. The number of sulfonamides is 1. The molecular formula is C25H29N3O6S. The first-order valence-electron chi connectivity index (χ1n) is 11.4. The number of hydrogen-bond acceptors (Lipinski definition) is 7. The van der Waals surface area contributed by atoms with Gasteiger partial charge in [-0.2, -0.15) is 9.04 Å². The molecule has 1 N–H and O–H groups in total. The van der Waals surface area contributed by atoms with Gasteiger partial charge in [0.1, 0.15) is 11.5 Å². The second-order valence-corrected chi connectivity index (χ2v) is 10.3. The first-order chi connectivity index (χ1) is 16.8. The van der Waals surface area contributed by atoms with Gasteiger partial charge in [0.15, 0.2) is 0 Å². The van der Waals surface area contributed by atoms with Gasteiger partial charge in [0, 0.05) is 44.5 Å². The van der Waals surface area contributed by atoms with E-state index in [1.54, 1.807) is 12.1 Å². The molecule has 1 aliphatic rings. The Morgan fingerprint density at radius 2 is 1.63 bits per heavy atom. The summed E-state index contributed by atoms with van der Waals surface area (Å²) in [5.41, 5.74) is 0.642. The summed E-state index contributed by atoms with van der Waals surface area (Å²) < 4.78 is 40.1. The van der Waals surface area contributed by atoms with E-state index in [1.165, 1.54) is 34.8 Å². The van der Waals surface area contributed by atoms with Crippen molar-refractivity contribution in [2.24, 2.45) is 0 Å². The van der Waals surface area contributed by atoms with E-state index in [4.69, 9.17) is 9.47 Å². The molecule has 2 aromatic carbocycles. The standard InChI is InChI=1S/C25H29N3O6S/c1-20-4-6-22(7-5-20)34-23-8-10-24(11-9-23)35(31,32)27(14-13-26-15-17-33-18-16-26)19-21-3-2-12-28(30)25(21)29/h2-12,30H,13-19H2,1H3. The van der Waals surface area contributed by atoms with Crippen molar-refractivity contribution >= 4 is 10.0 Å². The Bertz CT molecular complexity index is 1280. The molecule has 0 aliphatic carbocycles. The highest BCUT2D eigenvalue weighted by atomic mass is 32.2. The summed E-state index contributed by atoms with van der Waals surface area (Å²) in [4.78, 5) is 14.6. The molecule has 1 aromatic heterocycles. The molecule has 0 saturated carbocycles. The highest BCUT2D eigenvalue weighted by Crippen LogP contribution is 2.25. The molecule has 9 nitrogen and oxygen atoms in total. The van der Waals surface area contributed by atoms with Crippen molar-refractivity contribution in [3.63, 3.8) is 0 Å². The van der Waals surface area contributed by atoms with Crippen LogP contribution in [-0.2, 0) is 21.3 Å². The number of ether oxygens (including phenoxy) is 2. The maximum atomic E-state index is 13.6. The molecule has 35 heavy (non-hydrogen) atoms. The van der Waals surface area contributed by atoms with Gasteiger partial charge in [-0.25, -0.2) is 8.42 Å². The minimum absolute atomic E-state index is 0.0935. The fourth-order valence-corrected chi connectivity index (χ4v) is 5.18. The van der Waals surface area contributed by atoms with Crippen LogP contribution in [0.15, 0.2) is 76.6 Å². The second kappa shape index (κ2) is 11.0. The topological polar surface area (TPSA) is 101 Å². The third-order valence-electron chi connectivity index (χ3n) is 5.84. The number of hydrogen-bond donors (Lipinski definition) is 1. The van der Waals surface area contributed by atoms with Gasteiger partial charge < -0.3 is 14.7 Å². The maximum absolute atomic E-state index is 13.6. The van der Waals surface area contributed by atoms with E-state index in [0.717, 1.165) is 5.56 Å². The Labute approximate surface area is 204 Å². The van der Waals surface area contributed by atoms with Crippen molar-refractivity contribution < 1.29 is 23.1 Å². The van der Waals surface area contributed by atoms with E-state index in [9.17, 15) is 18.4 Å². The van der Waals surface area contributed by atoms with Crippen molar-refractivity contribution in [3.05, 3.63) is 88.3 Å². The van der Waals surface area contributed by atoms with Crippen molar-refractivity contribution in [1.82, 2.24) is 13.9 Å². The minimum Gasteiger partial charge on any atom is -0.457 e. The van der Waals surface area contributed by atoms with Crippen molar-refractivity contribution in [2.45, 2.75) is 18.4 Å². The predicted molar refractivity (Wildman–Crippen MR) is 130 cm³/mol. The van der Waals surface area contributed by atoms with E-state index < -0.39 is 15.6 Å². The zero-order valence-electron chi connectivity index (χ0n) is 19.5. The van der Waals surface area contributed by atoms with Gasteiger partial charge in [-0.1, -0.05) is 23.8 Å². The molecule has 1 fully saturated rings. The lowest BCUT2D eigenvalue weighted by atomic mass is 10.2. The van der Waals surface area contributed by atoms with Crippen LogP contribution in [0.5, 0.6) is 11.5 Å². The van der Waals surface area contributed by atoms with Crippen LogP contribution in [0.3, 0.4) is 0 Å². The Morgan fingerprint density at radius 1 is 1.00 bits per heavy atom. The minimum atomic E-state index is -3.93. The van der Waals surface area contributed by atoms with Crippen LogP contribution in [-0.4, -0.2) is 67.0 Å². The monoisotopic (exact) mass is 499 g/mol. The summed E-state index contributed by atoms with van der Waals surface area (Å²) in [5, 5.41) is 9.73. The van der Waals surface area contributed by atoms with Gasteiger partial charge in [0.2, 0.25) is 10.0 Å². The summed E-state index contributed by atoms with van der Waals surface area (Å²) in [6.45, 7) is 5.14. The highest BCUT2D eigenvalue weighted by Gasteiger charge is 2.27. The average Bonchev–Trinajstić information content (AvgIpc) is 2.86. The van der Waals surface area contributed by atoms with Crippen LogP contribution in [0.1, 0.15) is 11.1 Å². The average molecular weight is 500 g/mol. The van der Waals surface area contributed by atoms with E-state index in [2.05, 4.69) is 4.90 Å². The molecule has 4 rings (SSSR count). The first-order valence-corrected chi connectivity index (χ1v) is 12.8. The van der Waals surface area contributed by atoms with Crippen LogP contribution < -0.4 is 10.3 Å². The fraction of sp³-hybridized carbons (Fsp3) is 0.320. The number of morpholine rings is 1. The van der Waals surface area contributed by atoms with E-state index in [-0.39, 0.29) is 23.5 Å². The van der Waals surface area contributed by atoms with E-state index in [1.807, 2.05) is 31.2 Å². The summed E-state index contributed by atoms with van der Waals surface area (Å²) in [5.74, 6) is 1.17. The second-order valence-electron chi connectivity index (χ2n) is 8.36. The molecular weight excluding hydrogens is 470 g/mol. The molecule has 1 saturated heterocycles.